The molecule has 0 aliphatic carbocycles. The van der Waals surface area contributed by atoms with Crippen LogP contribution < -0.4 is 11.1 Å². The molecule has 0 heterocycles. The second kappa shape index (κ2) is 6.15. The molecule has 0 aromatic heterocycles. The van der Waals surface area contributed by atoms with Crippen molar-refractivity contribution < 1.29 is 14.7 Å². The minimum absolute atomic E-state index is 0.126. The van der Waals surface area contributed by atoms with Crippen LogP contribution in [0, 0.1) is 0 Å². The van der Waals surface area contributed by atoms with Crippen LogP contribution in [-0.4, -0.2) is 29.1 Å². The normalized spacial score (nSPS) is 14.1. The molecule has 0 rings (SSSR count). The van der Waals surface area contributed by atoms with E-state index in [1.165, 1.54) is 6.08 Å². The van der Waals surface area contributed by atoms with Crippen molar-refractivity contribution in [1.29, 1.82) is 0 Å². The van der Waals surface area contributed by atoms with Crippen LogP contribution in [-0.2, 0) is 9.59 Å². The fourth-order valence-electron chi connectivity index (χ4n) is 0.934. The average molecular weight is 200 g/mol. The second-order valence-corrected chi connectivity index (χ2v) is 3.16. The first-order valence-corrected chi connectivity index (χ1v) is 4.36. The van der Waals surface area contributed by atoms with Crippen molar-refractivity contribution in [3.63, 3.8) is 0 Å². The highest BCUT2D eigenvalue weighted by Gasteiger charge is 2.18. The first kappa shape index (κ1) is 12.6. The molecule has 0 bridgehead atoms. The van der Waals surface area contributed by atoms with Crippen LogP contribution in [0.15, 0.2) is 12.7 Å². The lowest BCUT2D eigenvalue weighted by molar-refractivity contribution is -0.141. The molecule has 2 unspecified atom stereocenters. The van der Waals surface area contributed by atoms with E-state index in [9.17, 15) is 9.59 Å². The predicted octanol–water partition coefficient (Wildman–Crippen LogP) is -0.131. The van der Waals surface area contributed by atoms with Gasteiger partial charge >= 0.3 is 5.97 Å². The zero-order chi connectivity index (χ0) is 11.1. The van der Waals surface area contributed by atoms with Gasteiger partial charge in [0, 0.05) is 12.5 Å². The Kier molecular flexibility index (Phi) is 5.55. The number of amides is 1. The van der Waals surface area contributed by atoms with E-state index in [0.717, 1.165) is 0 Å². The van der Waals surface area contributed by atoms with Gasteiger partial charge in [0.25, 0.3) is 0 Å². The first-order chi connectivity index (χ1) is 6.47. The Morgan fingerprint density at radius 3 is 2.57 bits per heavy atom. The number of aliphatic carboxylic acids is 1. The minimum Gasteiger partial charge on any atom is -0.480 e. The molecule has 0 aromatic rings. The topological polar surface area (TPSA) is 92.4 Å². The number of rotatable bonds is 6. The summed E-state index contributed by atoms with van der Waals surface area (Å²) in [6.07, 6.45) is 1.78. The van der Waals surface area contributed by atoms with Gasteiger partial charge in [0.05, 0.1) is 0 Å². The summed E-state index contributed by atoms with van der Waals surface area (Å²) in [5.74, 6) is -1.42. The smallest absolute Gasteiger partial charge is 0.326 e. The zero-order valence-electron chi connectivity index (χ0n) is 8.19. The molecule has 0 spiro atoms. The lowest BCUT2D eigenvalue weighted by Gasteiger charge is -2.13. The summed E-state index contributed by atoms with van der Waals surface area (Å²) >= 11 is 0. The molecule has 5 heteroatoms. The Morgan fingerprint density at radius 1 is 1.64 bits per heavy atom. The number of carboxylic acid groups (broad SMARTS) is 1. The Labute approximate surface area is 83.0 Å². The first-order valence-electron chi connectivity index (χ1n) is 4.36. The van der Waals surface area contributed by atoms with E-state index >= 15 is 0 Å². The standard InChI is InChI=1S/C9H16N2O3/c1-3-4-7(9(13)14)11-8(12)5-6(2)10/h3,6-7H,1,4-5,10H2,2H3,(H,11,12)(H,13,14). The molecular weight excluding hydrogens is 184 g/mol. The third-order valence-corrected chi connectivity index (χ3v) is 1.54. The summed E-state index contributed by atoms with van der Waals surface area (Å²) in [5.41, 5.74) is 5.39. The quantitative estimate of drug-likeness (QED) is 0.521. The fourth-order valence-corrected chi connectivity index (χ4v) is 0.934. The molecule has 0 aliphatic rings. The molecule has 80 valence electrons. The molecule has 0 aromatic carbocycles. The van der Waals surface area contributed by atoms with Gasteiger partial charge in [-0.3, -0.25) is 4.79 Å². The average Bonchev–Trinajstić information content (AvgIpc) is 2.01. The summed E-state index contributed by atoms with van der Waals surface area (Å²) in [4.78, 5) is 21.8. The minimum atomic E-state index is -1.07. The van der Waals surface area contributed by atoms with Crippen molar-refractivity contribution in [2.24, 2.45) is 5.73 Å². The highest BCUT2D eigenvalue weighted by molar-refractivity contribution is 5.83. The molecule has 0 saturated carbocycles. The maximum atomic E-state index is 11.2. The molecule has 14 heavy (non-hydrogen) atoms. The summed E-state index contributed by atoms with van der Waals surface area (Å²) in [6.45, 7) is 5.10. The van der Waals surface area contributed by atoms with Crippen molar-refractivity contribution in [1.82, 2.24) is 5.32 Å². The SMILES string of the molecule is C=CCC(NC(=O)CC(C)N)C(=O)O. The van der Waals surface area contributed by atoms with Gasteiger partial charge in [0.2, 0.25) is 5.91 Å². The maximum absolute atomic E-state index is 11.2. The molecule has 0 fully saturated rings. The van der Waals surface area contributed by atoms with E-state index in [1.54, 1.807) is 6.92 Å². The molecule has 1 amide bonds. The van der Waals surface area contributed by atoms with Gasteiger partial charge in [0.1, 0.15) is 6.04 Å². The fraction of sp³-hybridized carbons (Fsp3) is 0.556. The number of hydrogen-bond acceptors (Lipinski definition) is 3. The highest BCUT2D eigenvalue weighted by atomic mass is 16.4. The second-order valence-electron chi connectivity index (χ2n) is 3.16. The maximum Gasteiger partial charge on any atom is 0.326 e. The number of hydrogen-bond donors (Lipinski definition) is 3. The number of carbonyl (C=O) groups excluding carboxylic acids is 1. The van der Waals surface area contributed by atoms with Gasteiger partial charge in [-0.15, -0.1) is 6.58 Å². The van der Waals surface area contributed by atoms with Gasteiger partial charge in [-0.05, 0) is 13.3 Å². The van der Waals surface area contributed by atoms with Crippen LogP contribution in [0.25, 0.3) is 0 Å². The van der Waals surface area contributed by atoms with E-state index in [0.29, 0.717) is 0 Å². The third kappa shape index (κ3) is 5.31. The summed E-state index contributed by atoms with van der Waals surface area (Å²) in [7, 11) is 0. The Balaban J connectivity index is 4.09. The lowest BCUT2D eigenvalue weighted by atomic mass is 10.2. The van der Waals surface area contributed by atoms with Crippen LogP contribution in [0.5, 0.6) is 0 Å². The van der Waals surface area contributed by atoms with Crippen molar-refractivity contribution in [3.8, 4) is 0 Å². The predicted molar refractivity (Wildman–Crippen MR) is 52.6 cm³/mol. The molecule has 2 atom stereocenters. The van der Waals surface area contributed by atoms with Gasteiger partial charge in [0.15, 0.2) is 0 Å². The molecule has 4 N–H and O–H groups in total. The molecule has 0 saturated heterocycles. The molecule has 0 radical (unpaired) electrons. The molecule has 0 aliphatic heterocycles. The van der Waals surface area contributed by atoms with Crippen LogP contribution in [0.1, 0.15) is 19.8 Å². The monoisotopic (exact) mass is 200 g/mol. The van der Waals surface area contributed by atoms with Crippen LogP contribution in [0.4, 0.5) is 0 Å². The zero-order valence-corrected chi connectivity index (χ0v) is 8.19. The molecule has 5 nitrogen and oxygen atoms in total. The largest absolute Gasteiger partial charge is 0.480 e. The Morgan fingerprint density at radius 2 is 2.21 bits per heavy atom. The van der Waals surface area contributed by atoms with Gasteiger partial charge in [-0.2, -0.15) is 0 Å². The summed E-state index contributed by atoms with van der Waals surface area (Å²) < 4.78 is 0. The number of nitrogens with one attached hydrogen (secondary N) is 1. The van der Waals surface area contributed by atoms with Crippen LogP contribution in [0.3, 0.4) is 0 Å². The third-order valence-electron chi connectivity index (χ3n) is 1.54. The van der Waals surface area contributed by atoms with Gasteiger partial charge in [-0.25, -0.2) is 4.79 Å². The number of carbonyl (C=O) groups is 2. The van der Waals surface area contributed by atoms with Crippen molar-refractivity contribution in [3.05, 3.63) is 12.7 Å². The van der Waals surface area contributed by atoms with E-state index in [2.05, 4.69) is 11.9 Å². The lowest BCUT2D eigenvalue weighted by Crippen LogP contribution is -2.42. The number of nitrogens with two attached hydrogens (primary N) is 1. The summed E-state index contributed by atoms with van der Waals surface area (Å²) in [5, 5.41) is 11.1. The van der Waals surface area contributed by atoms with Crippen molar-refractivity contribution in [2.45, 2.75) is 31.8 Å². The Bertz CT molecular complexity index is 226. The van der Waals surface area contributed by atoms with Crippen molar-refractivity contribution in [2.75, 3.05) is 0 Å². The van der Waals surface area contributed by atoms with Crippen LogP contribution >= 0.6 is 0 Å². The van der Waals surface area contributed by atoms with Gasteiger partial charge in [-0.1, -0.05) is 6.08 Å². The van der Waals surface area contributed by atoms with Crippen LogP contribution in [0.2, 0.25) is 0 Å². The van der Waals surface area contributed by atoms with E-state index < -0.39 is 12.0 Å². The van der Waals surface area contributed by atoms with Gasteiger partial charge < -0.3 is 16.2 Å². The highest BCUT2D eigenvalue weighted by Crippen LogP contribution is 1.95. The van der Waals surface area contributed by atoms with E-state index in [1.807, 2.05) is 0 Å². The van der Waals surface area contributed by atoms with E-state index in [-0.39, 0.29) is 24.8 Å². The molecular formula is C9H16N2O3. The van der Waals surface area contributed by atoms with E-state index in [4.69, 9.17) is 10.8 Å². The Hall–Kier alpha value is -1.36. The number of carboxylic acids is 1. The summed E-state index contributed by atoms with van der Waals surface area (Å²) in [6, 6.07) is -1.17. The van der Waals surface area contributed by atoms with Crippen molar-refractivity contribution >= 4 is 11.9 Å².